The number of benzene rings is 1. The summed E-state index contributed by atoms with van der Waals surface area (Å²) in [5, 5.41) is 4.82. The number of rotatable bonds is 5. The number of hydrogen-bond acceptors (Lipinski definition) is 2. The minimum absolute atomic E-state index is 0.749. The maximum atomic E-state index is 5.59. The molecule has 90 valence electrons. The average molecular weight is 229 g/mol. The number of nitrogens with one attached hydrogen (secondary N) is 1. The van der Waals surface area contributed by atoms with Crippen molar-refractivity contribution in [3.63, 3.8) is 0 Å². The van der Waals surface area contributed by atoms with E-state index in [0.29, 0.717) is 0 Å². The molecule has 0 aliphatic heterocycles. The van der Waals surface area contributed by atoms with Gasteiger partial charge in [0.25, 0.3) is 0 Å². The van der Waals surface area contributed by atoms with E-state index < -0.39 is 0 Å². The van der Waals surface area contributed by atoms with Gasteiger partial charge in [-0.2, -0.15) is 0 Å². The molecule has 2 heteroatoms. The molecule has 3 rings (SSSR count). The molecule has 1 fully saturated rings. The Morgan fingerprint density at radius 1 is 1.35 bits per heavy atom. The van der Waals surface area contributed by atoms with Crippen LogP contribution in [0.3, 0.4) is 0 Å². The van der Waals surface area contributed by atoms with Crippen molar-refractivity contribution in [3.8, 4) is 0 Å². The predicted octanol–water partition coefficient (Wildman–Crippen LogP) is 3.64. The Bertz CT molecular complexity index is 511. The third-order valence-corrected chi connectivity index (χ3v) is 3.42. The fourth-order valence-corrected chi connectivity index (χ4v) is 2.25. The Morgan fingerprint density at radius 2 is 2.24 bits per heavy atom. The van der Waals surface area contributed by atoms with E-state index in [1.54, 1.807) is 0 Å². The number of furan rings is 1. The average Bonchev–Trinajstić information content (AvgIpc) is 3.08. The fraction of sp³-hybridized carbons (Fsp3) is 0.467. The fourth-order valence-electron chi connectivity index (χ4n) is 2.25. The number of aryl methyl sites for hydroxylation is 1. The van der Waals surface area contributed by atoms with Gasteiger partial charge in [-0.25, -0.2) is 0 Å². The SMILES string of the molecule is CCCc1ccc2occ(CNC3CC3)c2c1. The highest BCUT2D eigenvalue weighted by Crippen LogP contribution is 2.25. The first kappa shape index (κ1) is 10.8. The first-order valence-electron chi connectivity index (χ1n) is 6.59. The molecule has 1 aliphatic rings. The second-order valence-corrected chi connectivity index (χ2v) is 5.00. The zero-order valence-electron chi connectivity index (χ0n) is 10.3. The molecule has 2 nitrogen and oxygen atoms in total. The third kappa shape index (κ3) is 2.37. The Labute approximate surface area is 102 Å². The van der Waals surface area contributed by atoms with E-state index in [-0.39, 0.29) is 0 Å². The van der Waals surface area contributed by atoms with Crippen LogP contribution in [0.25, 0.3) is 11.0 Å². The molecule has 0 amide bonds. The zero-order valence-corrected chi connectivity index (χ0v) is 10.3. The van der Waals surface area contributed by atoms with Crippen molar-refractivity contribution >= 4 is 11.0 Å². The van der Waals surface area contributed by atoms with Gasteiger partial charge in [0.15, 0.2) is 0 Å². The Hall–Kier alpha value is -1.28. The number of fused-ring (bicyclic) bond motifs is 1. The first-order valence-corrected chi connectivity index (χ1v) is 6.59. The molecule has 1 N–H and O–H groups in total. The summed E-state index contributed by atoms with van der Waals surface area (Å²) in [4.78, 5) is 0. The van der Waals surface area contributed by atoms with Gasteiger partial charge in [0.05, 0.1) is 6.26 Å². The van der Waals surface area contributed by atoms with E-state index in [0.717, 1.165) is 24.6 Å². The van der Waals surface area contributed by atoms with Gasteiger partial charge in [0, 0.05) is 23.5 Å². The summed E-state index contributed by atoms with van der Waals surface area (Å²) >= 11 is 0. The van der Waals surface area contributed by atoms with Crippen LogP contribution >= 0.6 is 0 Å². The molecule has 1 aromatic heterocycles. The van der Waals surface area contributed by atoms with E-state index in [2.05, 4.69) is 30.4 Å². The summed E-state index contributed by atoms with van der Waals surface area (Å²) in [6.45, 7) is 3.16. The normalized spacial score (nSPS) is 15.6. The van der Waals surface area contributed by atoms with Crippen molar-refractivity contribution in [2.75, 3.05) is 0 Å². The summed E-state index contributed by atoms with van der Waals surface area (Å²) < 4.78 is 5.59. The second-order valence-electron chi connectivity index (χ2n) is 5.00. The number of hydrogen-bond donors (Lipinski definition) is 1. The maximum absolute atomic E-state index is 5.59. The molecule has 1 aromatic carbocycles. The molecule has 0 radical (unpaired) electrons. The minimum Gasteiger partial charge on any atom is -0.464 e. The monoisotopic (exact) mass is 229 g/mol. The van der Waals surface area contributed by atoms with Crippen LogP contribution in [0, 0.1) is 0 Å². The van der Waals surface area contributed by atoms with Crippen molar-refractivity contribution in [2.24, 2.45) is 0 Å². The van der Waals surface area contributed by atoms with E-state index in [1.807, 2.05) is 6.26 Å². The summed E-state index contributed by atoms with van der Waals surface area (Å²) in [5.41, 5.74) is 3.72. The molecule has 1 aliphatic carbocycles. The Balaban J connectivity index is 1.85. The van der Waals surface area contributed by atoms with E-state index in [1.165, 1.54) is 35.8 Å². The van der Waals surface area contributed by atoms with Crippen LogP contribution in [0.1, 0.15) is 37.3 Å². The van der Waals surface area contributed by atoms with Crippen LogP contribution in [0.2, 0.25) is 0 Å². The predicted molar refractivity (Wildman–Crippen MR) is 70.1 cm³/mol. The molecular weight excluding hydrogens is 210 g/mol. The highest BCUT2D eigenvalue weighted by Gasteiger charge is 2.20. The van der Waals surface area contributed by atoms with E-state index in [4.69, 9.17) is 4.42 Å². The van der Waals surface area contributed by atoms with Crippen LogP contribution < -0.4 is 5.32 Å². The summed E-state index contributed by atoms with van der Waals surface area (Å²) in [6, 6.07) is 7.31. The molecule has 0 atom stereocenters. The molecule has 1 heterocycles. The van der Waals surface area contributed by atoms with E-state index >= 15 is 0 Å². The molecule has 0 unspecified atom stereocenters. The summed E-state index contributed by atoms with van der Waals surface area (Å²) in [5.74, 6) is 0. The van der Waals surface area contributed by atoms with Crippen LogP contribution in [0.15, 0.2) is 28.9 Å². The standard InChI is InChI=1S/C15H19NO/c1-2-3-11-4-7-15-14(8-11)12(10-17-15)9-16-13-5-6-13/h4,7-8,10,13,16H,2-3,5-6,9H2,1H3. The lowest BCUT2D eigenvalue weighted by atomic mass is 10.1. The molecular formula is C15H19NO. The minimum atomic E-state index is 0.749. The van der Waals surface area contributed by atoms with Crippen molar-refractivity contribution < 1.29 is 4.42 Å². The molecule has 2 aromatic rings. The van der Waals surface area contributed by atoms with Crippen LogP contribution in [-0.2, 0) is 13.0 Å². The molecule has 0 spiro atoms. The van der Waals surface area contributed by atoms with Gasteiger partial charge in [0.2, 0.25) is 0 Å². The molecule has 0 bridgehead atoms. The maximum Gasteiger partial charge on any atom is 0.134 e. The van der Waals surface area contributed by atoms with Crippen LogP contribution in [-0.4, -0.2) is 6.04 Å². The zero-order chi connectivity index (χ0) is 11.7. The highest BCUT2D eigenvalue weighted by molar-refractivity contribution is 5.81. The van der Waals surface area contributed by atoms with Gasteiger partial charge in [-0.05, 0) is 37.0 Å². The quantitative estimate of drug-likeness (QED) is 0.846. The molecule has 1 saturated carbocycles. The van der Waals surface area contributed by atoms with Crippen molar-refractivity contribution in [1.82, 2.24) is 5.32 Å². The van der Waals surface area contributed by atoms with Gasteiger partial charge in [-0.1, -0.05) is 19.4 Å². The Morgan fingerprint density at radius 3 is 3.00 bits per heavy atom. The smallest absolute Gasteiger partial charge is 0.134 e. The summed E-state index contributed by atoms with van der Waals surface area (Å²) in [6.07, 6.45) is 6.90. The van der Waals surface area contributed by atoms with Crippen molar-refractivity contribution in [2.45, 2.75) is 45.2 Å². The molecule has 17 heavy (non-hydrogen) atoms. The molecule has 0 saturated heterocycles. The van der Waals surface area contributed by atoms with Gasteiger partial charge in [0.1, 0.15) is 5.58 Å². The van der Waals surface area contributed by atoms with Gasteiger partial charge >= 0.3 is 0 Å². The van der Waals surface area contributed by atoms with Crippen molar-refractivity contribution in [1.29, 1.82) is 0 Å². The summed E-state index contributed by atoms with van der Waals surface area (Å²) in [7, 11) is 0. The lowest BCUT2D eigenvalue weighted by Crippen LogP contribution is -2.14. The topological polar surface area (TPSA) is 25.2 Å². The van der Waals surface area contributed by atoms with Gasteiger partial charge < -0.3 is 9.73 Å². The van der Waals surface area contributed by atoms with Gasteiger partial charge in [-0.15, -0.1) is 0 Å². The lowest BCUT2D eigenvalue weighted by molar-refractivity contribution is 0.601. The lowest BCUT2D eigenvalue weighted by Gasteiger charge is -2.02. The Kier molecular flexibility index (Phi) is 2.89. The van der Waals surface area contributed by atoms with Gasteiger partial charge in [-0.3, -0.25) is 0 Å². The van der Waals surface area contributed by atoms with E-state index in [9.17, 15) is 0 Å². The van der Waals surface area contributed by atoms with Crippen molar-refractivity contribution in [3.05, 3.63) is 35.6 Å². The third-order valence-electron chi connectivity index (χ3n) is 3.42. The highest BCUT2D eigenvalue weighted by atomic mass is 16.3. The van der Waals surface area contributed by atoms with Crippen LogP contribution in [0.5, 0.6) is 0 Å². The first-order chi connectivity index (χ1) is 8.36. The largest absolute Gasteiger partial charge is 0.464 e. The van der Waals surface area contributed by atoms with Crippen LogP contribution in [0.4, 0.5) is 0 Å². The second kappa shape index (κ2) is 4.53.